The van der Waals surface area contributed by atoms with E-state index in [1.54, 1.807) is 4.90 Å². The van der Waals surface area contributed by atoms with E-state index in [4.69, 9.17) is 9.84 Å². The van der Waals surface area contributed by atoms with Crippen LogP contribution < -0.4 is 0 Å². The molecule has 1 fully saturated rings. The van der Waals surface area contributed by atoms with Crippen molar-refractivity contribution in [1.82, 2.24) is 4.90 Å². The monoisotopic (exact) mass is 221 g/mol. The molecule has 1 saturated heterocycles. The first-order valence-corrected chi connectivity index (χ1v) is 5.34. The van der Waals surface area contributed by atoms with Crippen molar-refractivity contribution in [3.05, 3.63) is 35.4 Å². The summed E-state index contributed by atoms with van der Waals surface area (Å²) in [5.74, 6) is 0.0393. The molecule has 1 aliphatic heterocycles. The third-order valence-electron chi connectivity index (χ3n) is 2.66. The van der Waals surface area contributed by atoms with E-state index in [-0.39, 0.29) is 19.1 Å². The largest absolute Gasteiger partial charge is 0.392 e. The molecule has 0 aliphatic carbocycles. The van der Waals surface area contributed by atoms with Gasteiger partial charge < -0.3 is 14.7 Å². The maximum atomic E-state index is 11.5. The van der Waals surface area contributed by atoms with Gasteiger partial charge in [-0.25, -0.2) is 0 Å². The molecule has 0 spiro atoms. The quantitative estimate of drug-likeness (QED) is 0.810. The molecule has 1 aromatic carbocycles. The molecular weight excluding hydrogens is 206 g/mol. The van der Waals surface area contributed by atoms with Crippen molar-refractivity contribution in [3.8, 4) is 0 Å². The summed E-state index contributed by atoms with van der Waals surface area (Å²) in [6.45, 7) is 2.13. The van der Waals surface area contributed by atoms with Crippen LogP contribution in [0.15, 0.2) is 24.3 Å². The number of carbonyl (C=O) groups excluding carboxylic acids is 1. The van der Waals surface area contributed by atoms with E-state index in [1.807, 2.05) is 24.3 Å². The Bertz CT molecular complexity index is 361. The Kier molecular flexibility index (Phi) is 3.54. The molecule has 4 heteroatoms. The zero-order valence-electron chi connectivity index (χ0n) is 9.06. The molecule has 0 radical (unpaired) electrons. The van der Waals surface area contributed by atoms with Gasteiger partial charge in [0.1, 0.15) is 6.61 Å². The van der Waals surface area contributed by atoms with Gasteiger partial charge in [0.15, 0.2) is 0 Å². The van der Waals surface area contributed by atoms with Crippen LogP contribution in [0.5, 0.6) is 0 Å². The van der Waals surface area contributed by atoms with Gasteiger partial charge in [-0.2, -0.15) is 0 Å². The number of hydrogen-bond acceptors (Lipinski definition) is 3. The van der Waals surface area contributed by atoms with Crippen LogP contribution >= 0.6 is 0 Å². The molecule has 1 N–H and O–H groups in total. The molecule has 4 nitrogen and oxygen atoms in total. The number of aliphatic hydroxyl groups is 1. The average Bonchev–Trinajstić information content (AvgIpc) is 2.33. The fraction of sp³-hybridized carbons (Fsp3) is 0.417. The number of morpholine rings is 1. The topological polar surface area (TPSA) is 49.8 Å². The highest BCUT2D eigenvalue weighted by atomic mass is 16.5. The lowest BCUT2D eigenvalue weighted by Crippen LogP contribution is -2.40. The minimum atomic E-state index is 0.0393. The van der Waals surface area contributed by atoms with E-state index in [0.29, 0.717) is 19.7 Å². The Morgan fingerprint density at radius 1 is 1.25 bits per heavy atom. The van der Waals surface area contributed by atoms with Crippen molar-refractivity contribution in [1.29, 1.82) is 0 Å². The highest BCUT2D eigenvalue weighted by Gasteiger charge is 2.18. The number of benzene rings is 1. The summed E-state index contributed by atoms with van der Waals surface area (Å²) in [5, 5.41) is 8.91. The first-order chi connectivity index (χ1) is 7.79. The van der Waals surface area contributed by atoms with E-state index in [9.17, 15) is 4.79 Å². The lowest BCUT2D eigenvalue weighted by Gasteiger charge is -2.26. The highest BCUT2D eigenvalue weighted by Crippen LogP contribution is 2.09. The molecule has 1 amide bonds. The molecule has 0 saturated carbocycles. The van der Waals surface area contributed by atoms with Gasteiger partial charge in [-0.1, -0.05) is 24.3 Å². The first kappa shape index (κ1) is 11.1. The van der Waals surface area contributed by atoms with E-state index in [0.717, 1.165) is 11.1 Å². The van der Waals surface area contributed by atoms with Crippen molar-refractivity contribution in [3.63, 3.8) is 0 Å². The Morgan fingerprint density at radius 2 is 1.94 bits per heavy atom. The number of rotatable bonds is 3. The second-order valence-electron chi connectivity index (χ2n) is 3.84. The van der Waals surface area contributed by atoms with Gasteiger partial charge >= 0.3 is 0 Å². The number of ether oxygens (including phenoxy) is 1. The van der Waals surface area contributed by atoms with Crippen LogP contribution in [0.4, 0.5) is 0 Å². The summed E-state index contributed by atoms with van der Waals surface area (Å²) in [7, 11) is 0. The fourth-order valence-corrected chi connectivity index (χ4v) is 1.69. The maximum Gasteiger partial charge on any atom is 0.248 e. The van der Waals surface area contributed by atoms with Gasteiger partial charge in [0, 0.05) is 13.1 Å². The van der Waals surface area contributed by atoms with E-state index in [2.05, 4.69) is 0 Å². The number of aliphatic hydroxyl groups excluding tert-OH is 1. The second-order valence-corrected chi connectivity index (χ2v) is 3.84. The third kappa shape index (κ3) is 2.59. The SMILES string of the molecule is O=C1COCCN1Cc1ccc(CO)cc1. The maximum absolute atomic E-state index is 11.5. The van der Waals surface area contributed by atoms with E-state index >= 15 is 0 Å². The average molecular weight is 221 g/mol. The van der Waals surface area contributed by atoms with Crippen molar-refractivity contribution < 1.29 is 14.6 Å². The Balaban J connectivity index is 1.99. The number of amides is 1. The first-order valence-electron chi connectivity index (χ1n) is 5.34. The van der Waals surface area contributed by atoms with Crippen LogP contribution in [-0.4, -0.2) is 35.7 Å². The lowest BCUT2D eigenvalue weighted by molar-refractivity contribution is -0.143. The lowest BCUT2D eigenvalue weighted by atomic mass is 10.1. The number of carbonyl (C=O) groups is 1. The third-order valence-corrected chi connectivity index (χ3v) is 2.66. The van der Waals surface area contributed by atoms with Gasteiger partial charge in [0.05, 0.1) is 13.2 Å². The summed E-state index contributed by atoms with van der Waals surface area (Å²) in [6, 6.07) is 7.63. The Morgan fingerprint density at radius 3 is 2.56 bits per heavy atom. The van der Waals surface area contributed by atoms with Gasteiger partial charge in [-0.3, -0.25) is 4.79 Å². The molecule has 1 aliphatic rings. The van der Waals surface area contributed by atoms with Crippen LogP contribution in [0, 0.1) is 0 Å². The second kappa shape index (κ2) is 5.09. The molecule has 1 aromatic rings. The molecule has 2 rings (SSSR count). The van der Waals surface area contributed by atoms with Gasteiger partial charge in [0.25, 0.3) is 0 Å². The Hall–Kier alpha value is -1.39. The summed E-state index contributed by atoms with van der Waals surface area (Å²) in [6.07, 6.45) is 0. The van der Waals surface area contributed by atoms with E-state index in [1.165, 1.54) is 0 Å². The standard InChI is InChI=1S/C12H15NO3/c14-8-11-3-1-10(2-4-11)7-13-5-6-16-9-12(13)15/h1-4,14H,5-9H2. The van der Waals surface area contributed by atoms with Crippen molar-refractivity contribution >= 4 is 5.91 Å². The molecule has 1 heterocycles. The van der Waals surface area contributed by atoms with Crippen LogP contribution in [0.25, 0.3) is 0 Å². The van der Waals surface area contributed by atoms with Crippen molar-refractivity contribution in [2.75, 3.05) is 19.8 Å². The molecule has 0 atom stereocenters. The minimum absolute atomic E-state index is 0.0393. The molecule has 0 unspecified atom stereocenters. The minimum Gasteiger partial charge on any atom is -0.392 e. The molecule has 0 bridgehead atoms. The number of hydrogen-bond donors (Lipinski definition) is 1. The molecule has 0 aromatic heterocycles. The summed E-state index contributed by atoms with van der Waals surface area (Å²) in [5.41, 5.74) is 1.96. The molecule has 86 valence electrons. The fourth-order valence-electron chi connectivity index (χ4n) is 1.69. The zero-order chi connectivity index (χ0) is 11.4. The molecular formula is C12H15NO3. The number of nitrogens with zero attached hydrogens (tertiary/aromatic N) is 1. The predicted molar refractivity (Wildman–Crippen MR) is 58.6 cm³/mol. The van der Waals surface area contributed by atoms with Gasteiger partial charge in [-0.05, 0) is 11.1 Å². The predicted octanol–water partition coefficient (Wildman–Crippen LogP) is 0.538. The van der Waals surface area contributed by atoms with Crippen LogP contribution in [-0.2, 0) is 22.7 Å². The smallest absolute Gasteiger partial charge is 0.248 e. The van der Waals surface area contributed by atoms with E-state index < -0.39 is 0 Å². The Labute approximate surface area is 94.4 Å². The summed E-state index contributed by atoms with van der Waals surface area (Å²) >= 11 is 0. The zero-order valence-corrected chi connectivity index (χ0v) is 9.06. The van der Waals surface area contributed by atoms with Crippen LogP contribution in [0.1, 0.15) is 11.1 Å². The van der Waals surface area contributed by atoms with Crippen molar-refractivity contribution in [2.24, 2.45) is 0 Å². The van der Waals surface area contributed by atoms with Crippen LogP contribution in [0.3, 0.4) is 0 Å². The summed E-state index contributed by atoms with van der Waals surface area (Å²) < 4.78 is 5.06. The van der Waals surface area contributed by atoms with Gasteiger partial charge in [0.2, 0.25) is 5.91 Å². The highest BCUT2D eigenvalue weighted by molar-refractivity contribution is 5.77. The summed E-state index contributed by atoms with van der Waals surface area (Å²) in [4.78, 5) is 13.3. The van der Waals surface area contributed by atoms with Gasteiger partial charge in [-0.15, -0.1) is 0 Å². The normalized spacial score (nSPS) is 16.6. The van der Waals surface area contributed by atoms with Crippen LogP contribution in [0.2, 0.25) is 0 Å². The molecule has 16 heavy (non-hydrogen) atoms. The van der Waals surface area contributed by atoms with Crippen molar-refractivity contribution in [2.45, 2.75) is 13.2 Å².